The molecular formula is C14H19ClN2O. The number of aliphatic hydroxyl groups excluding tert-OH is 1. The minimum absolute atomic E-state index is 0.137. The first-order valence-electron chi connectivity index (χ1n) is 6.35. The van der Waals surface area contributed by atoms with Crippen LogP contribution in [0.3, 0.4) is 0 Å². The van der Waals surface area contributed by atoms with Gasteiger partial charge in [-0.15, -0.1) is 0 Å². The zero-order valence-electron chi connectivity index (χ0n) is 10.6. The van der Waals surface area contributed by atoms with Gasteiger partial charge >= 0.3 is 0 Å². The molecule has 0 saturated carbocycles. The SMILES string of the molecule is CCCNCc1cn(CCO)c2cc(Cl)ccc12. The van der Waals surface area contributed by atoms with E-state index in [0.717, 1.165) is 30.0 Å². The maximum atomic E-state index is 9.10. The number of hydrogen-bond acceptors (Lipinski definition) is 2. The van der Waals surface area contributed by atoms with Crippen LogP contribution in [0.1, 0.15) is 18.9 Å². The number of halogens is 1. The Morgan fingerprint density at radius 3 is 2.94 bits per heavy atom. The Kier molecular flexibility index (Phi) is 4.64. The van der Waals surface area contributed by atoms with Gasteiger partial charge in [-0.1, -0.05) is 24.6 Å². The molecule has 1 heterocycles. The summed E-state index contributed by atoms with van der Waals surface area (Å²) in [4.78, 5) is 0. The fourth-order valence-electron chi connectivity index (χ4n) is 2.17. The van der Waals surface area contributed by atoms with Gasteiger partial charge in [0.1, 0.15) is 0 Å². The quantitative estimate of drug-likeness (QED) is 0.789. The highest BCUT2D eigenvalue weighted by Gasteiger charge is 2.08. The van der Waals surface area contributed by atoms with Crippen LogP contribution < -0.4 is 5.32 Å². The number of hydrogen-bond donors (Lipinski definition) is 2. The molecule has 2 aromatic rings. The summed E-state index contributed by atoms with van der Waals surface area (Å²) in [6.45, 7) is 4.76. The Bertz CT molecular complexity index is 522. The number of rotatable bonds is 6. The molecule has 0 amide bonds. The van der Waals surface area contributed by atoms with Crippen LogP contribution in [0, 0.1) is 0 Å². The zero-order valence-corrected chi connectivity index (χ0v) is 11.4. The monoisotopic (exact) mass is 266 g/mol. The van der Waals surface area contributed by atoms with Crippen molar-refractivity contribution in [2.45, 2.75) is 26.4 Å². The number of nitrogens with zero attached hydrogens (tertiary/aromatic N) is 1. The highest BCUT2D eigenvalue weighted by Crippen LogP contribution is 2.24. The standard InChI is InChI=1S/C14H19ClN2O/c1-2-5-16-9-11-10-17(6-7-18)14-8-12(15)3-4-13(11)14/h3-4,8,10,16,18H,2,5-7,9H2,1H3. The molecule has 0 aliphatic rings. The van der Waals surface area contributed by atoms with Gasteiger partial charge < -0.3 is 15.0 Å². The number of fused-ring (bicyclic) bond motifs is 1. The van der Waals surface area contributed by atoms with E-state index < -0.39 is 0 Å². The topological polar surface area (TPSA) is 37.2 Å². The van der Waals surface area contributed by atoms with Crippen LogP contribution in [0.15, 0.2) is 24.4 Å². The Labute approximate surface area is 112 Å². The van der Waals surface area contributed by atoms with Crippen LogP contribution >= 0.6 is 11.6 Å². The molecule has 0 aliphatic carbocycles. The number of benzene rings is 1. The molecule has 2 rings (SSSR count). The summed E-state index contributed by atoms with van der Waals surface area (Å²) in [7, 11) is 0. The summed E-state index contributed by atoms with van der Waals surface area (Å²) < 4.78 is 2.06. The van der Waals surface area contributed by atoms with Crippen LogP contribution in [0.5, 0.6) is 0 Å². The molecule has 0 spiro atoms. The second kappa shape index (κ2) is 6.23. The molecule has 98 valence electrons. The van der Waals surface area contributed by atoms with Gasteiger partial charge in [-0.2, -0.15) is 0 Å². The number of aromatic nitrogens is 1. The highest BCUT2D eigenvalue weighted by atomic mass is 35.5. The summed E-state index contributed by atoms with van der Waals surface area (Å²) in [5.74, 6) is 0. The van der Waals surface area contributed by atoms with Crippen LogP contribution in [0.25, 0.3) is 10.9 Å². The molecule has 0 radical (unpaired) electrons. The first-order chi connectivity index (χ1) is 8.76. The van der Waals surface area contributed by atoms with Gasteiger partial charge in [0.25, 0.3) is 0 Å². The fraction of sp³-hybridized carbons (Fsp3) is 0.429. The summed E-state index contributed by atoms with van der Waals surface area (Å²) in [6.07, 6.45) is 3.22. The second-order valence-corrected chi connectivity index (χ2v) is 4.85. The molecule has 0 unspecified atom stereocenters. The van der Waals surface area contributed by atoms with Gasteiger partial charge in [0.2, 0.25) is 0 Å². The van der Waals surface area contributed by atoms with E-state index in [1.807, 2.05) is 12.1 Å². The molecule has 0 aliphatic heterocycles. The Hall–Kier alpha value is -1.03. The van der Waals surface area contributed by atoms with Crippen molar-refractivity contribution in [2.24, 2.45) is 0 Å². The Balaban J connectivity index is 2.34. The smallest absolute Gasteiger partial charge is 0.0610 e. The minimum Gasteiger partial charge on any atom is -0.395 e. The third kappa shape index (κ3) is 2.86. The maximum absolute atomic E-state index is 9.10. The molecular weight excluding hydrogens is 248 g/mol. The second-order valence-electron chi connectivity index (χ2n) is 4.41. The van der Waals surface area contributed by atoms with Crippen molar-refractivity contribution >= 4 is 22.5 Å². The summed E-state index contributed by atoms with van der Waals surface area (Å²) in [6, 6.07) is 5.92. The first-order valence-corrected chi connectivity index (χ1v) is 6.73. The van der Waals surface area contributed by atoms with Gasteiger partial charge in [0, 0.05) is 35.2 Å². The molecule has 0 atom stereocenters. The Morgan fingerprint density at radius 1 is 1.39 bits per heavy atom. The van der Waals surface area contributed by atoms with Crippen LogP contribution in [0.2, 0.25) is 5.02 Å². The lowest BCUT2D eigenvalue weighted by molar-refractivity contribution is 0.278. The van der Waals surface area contributed by atoms with Gasteiger partial charge in [0.15, 0.2) is 0 Å². The van der Waals surface area contributed by atoms with E-state index in [1.54, 1.807) is 0 Å². The minimum atomic E-state index is 0.137. The van der Waals surface area contributed by atoms with Crippen LogP contribution in [0.4, 0.5) is 0 Å². The van der Waals surface area contributed by atoms with Gasteiger partial charge in [0.05, 0.1) is 6.61 Å². The number of nitrogens with one attached hydrogen (secondary N) is 1. The molecule has 0 saturated heterocycles. The van der Waals surface area contributed by atoms with Crippen molar-refractivity contribution < 1.29 is 5.11 Å². The maximum Gasteiger partial charge on any atom is 0.0610 e. The highest BCUT2D eigenvalue weighted by molar-refractivity contribution is 6.31. The van der Waals surface area contributed by atoms with E-state index in [-0.39, 0.29) is 6.61 Å². The lowest BCUT2D eigenvalue weighted by Gasteiger charge is -2.01. The van der Waals surface area contributed by atoms with E-state index in [9.17, 15) is 0 Å². The lowest BCUT2D eigenvalue weighted by Crippen LogP contribution is -2.13. The first kappa shape index (κ1) is 13.4. The molecule has 0 bridgehead atoms. The zero-order chi connectivity index (χ0) is 13.0. The average molecular weight is 267 g/mol. The van der Waals surface area contributed by atoms with Crippen molar-refractivity contribution in [3.63, 3.8) is 0 Å². The summed E-state index contributed by atoms with van der Waals surface area (Å²) >= 11 is 6.04. The van der Waals surface area contributed by atoms with E-state index >= 15 is 0 Å². The molecule has 4 heteroatoms. The van der Waals surface area contributed by atoms with Gasteiger partial charge in [-0.25, -0.2) is 0 Å². The van der Waals surface area contributed by atoms with Crippen molar-refractivity contribution in [1.82, 2.24) is 9.88 Å². The lowest BCUT2D eigenvalue weighted by atomic mass is 10.2. The average Bonchev–Trinajstić information content (AvgIpc) is 2.68. The molecule has 18 heavy (non-hydrogen) atoms. The fourth-order valence-corrected chi connectivity index (χ4v) is 2.34. The van der Waals surface area contributed by atoms with Crippen LogP contribution in [-0.2, 0) is 13.1 Å². The Morgan fingerprint density at radius 2 is 2.22 bits per heavy atom. The third-order valence-electron chi connectivity index (χ3n) is 3.01. The predicted octanol–water partition coefficient (Wildman–Crippen LogP) is 2.79. The van der Waals surface area contributed by atoms with E-state index in [4.69, 9.17) is 16.7 Å². The normalized spacial score (nSPS) is 11.3. The summed E-state index contributed by atoms with van der Waals surface area (Å²) in [5, 5.41) is 14.4. The molecule has 1 aromatic carbocycles. The van der Waals surface area contributed by atoms with Crippen molar-refractivity contribution in [2.75, 3.05) is 13.2 Å². The van der Waals surface area contributed by atoms with Gasteiger partial charge in [-0.05, 0) is 30.7 Å². The van der Waals surface area contributed by atoms with Crippen molar-refractivity contribution in [3.8, 4) is 0 Å². The molecule has 1 aromatic heterocycles. The summed E-state index contributed by atoms with van der Waals surface area (Å²) in [5.41, 5.74) is 2.34. The van der Waals surface area contributed by atoms with Crippen LogP contribution in [-0.4, -0.2) is 22.8 Å². The molecule has 0 fully saturated rings. The third-order valence-corrected chi connectivity index (χ3v) is 3.25. The van der Waals surface area contributed by atoms with Crippen molar-refractivity contribution in [1.29, 1.82) is 0 Å². The number of aliphatic hydroxyl groups is 1. The van der Waals surface area contributed by atoms with E-state index in [0.29, 0.717) is 6.54 Å². The van der Waals surface area contributed by atoms with E-state index in [2.05, 4.69) is 29.1 Å². The predicted molar refractivity (Wildman–Crippen MR) is 76.0 cm³/mol. The molecule has 2 N–H and O–H groups in total. The van der Waals surface area contributed by atoms with E-state index in [1.165, 1.54) is 10.9 Å². The molecule has 3 nitrogen and oxygen atoms in total. The van der Waals surface area contributed by atoms with Crippen molar-refractivity contribution in [3.05, 3.63) is 35.0 Å². The van der Waals surface area contributed by atoms with Gasteiger partial charge in [-0.3, -0.25) is 0 Å². The largest absolute Gasteiger partial charge is 0.395 e.